The molecule has 1 heterocycles. The maximum atomic E-state index is 5.93. The lowest BCUT2D eigenvalue weighted by atomic mass is 10.0. The van der Waals surface area contributed by atoms with Crippen molar-refractivity contribution in [2.75, 3.05) is 5.43 Å². The minimum Gasteiger partial charge on any atom is -0.252 e. The Labute approximate surface area is 156 Å². The molecule has 25 heavy (non-hydrogen) atoms. The summed E-state index contributed by atoms with van der Waals surface area (Å²) in [7, 11) is 0. The van der Waals surface area contributed by atoms with Gasteiger partial charge < -0.3 is 0 Å². The Morgan fingerprint density at radius 2 is 1.92 bits per heavy atom. The quantitative estimate of drug-likeness (QED) is 0.468. The Kier molecular flexibility index (Phi) is 4.55. The first-order valence-corrected chi connectivity index (χ1v) is 9.59. The molecule has 3 nitrogen and oxygen atoms in total. The number of hydrogen-bond acceptors (Lipinski definition) is 4. The van der Waals surface area contributed by atoms with Crippen LogP contribution in [0.15, 0.2) is 52.9 Å². The lowest BCUT2D eigenvalue weighted by molar-refractivity contribution is 0.912. The molecule has 0 spiro atoms. The number of hydrazone groups is 1. The topological polar surface area (TPSA) is 37.3 Å². The standard InChI is InChI=1S/C20H18ClN3S/c1-13(16-6-5-14-3-2-4-17(14)11-16)23-24-20-22-19(12-25-20)15-7-9-18(21)10-8-15/h5-12H,2-4H2,1H3,(H,22,24)/b23-13-. The van der Waals surface area contributed by atoms with Gasteiger partial charge in [0.2, 0.25) is 5.13 Å². The van der Waals surface area contributed by atoms with Crippen molar-refractivity contribution < 1.29 is 0 Å². The van der Waals surface area contributed by atoms with Crippen LogP contribution in [-0.4, -0.2) is 10.7 Å². The van der Waals surface area contributed by atoms with E-state index >= 15 is 0 Å². The van der Waals surface area contributed by atoms with Crippen molar-refractivity contribution in [1.82, 2.24) is 4.98 Å². The summed E-state index contributed by atoms with van der Waals surface area (Å²) >= 11 is 7.48. The molecule has 1 aliphatic rings. The molecule has 0 atom stereocenters. The smallest absolute Gasteiger partial charge is 0.203 e. The van der Waals surface area contributed by atoms with E-state index in [0.29, 0.717) is 0 Å². The maximum Gasteiger partial charge on any atom is 0.203 e. The highest BCUT2D eigenvalue weighted by Gasteiger charge is 2.11. The average Bonchev–Trinajstić information content (AvgIpc) is 3.29. The van der Waals surface area contributed by atoms with Crippen LogP contribution in [-0.2, 0) is 12.8 Å². The van der Waals surface area contributed by atoms with E-state index in [4.69, 9.17) is 11.6 Å². The molecule has 3 aromatic rings. The molecule has 0 bridgehead atoms. The van der Waals surface area contributed by atoms with Crippen LogP contribution in [0.3, 0.4) is 0 Å². The van der Waals surface area contributed by atoms with Crippen molar-refractivity contribution in [2.45, 2.75) is 26.2 Å². The first-order valence-electron chi connectivity index (χ1n) is 8.33. The van der Waals surface area contributed by atoms with Crippen LogP contribution in [0.5, 0.6) is 0 Å². The second-order valence-electron chi connectivity index (χ2n) is 6.19. The maximum absolute atomic E-state index is 5.93. The highest BCUT2D eigenvalue weighted by atomic mass is 35.5. The fraction of sp³-hybridized carbons (Fsp3) is 0.200. The number of aromatic nitrogens is 1. The molecule has 1 aromatic heterocycles. The van der Waals surface area contributed by atoms with Gasteiger partial charge in [-0.1, -0.05) is 35.9 Å². The molecule has 0 radical (unpaired) electrons. The first-order chi connectivity index (χ1) is 12.2. The van der Waals surface area contributed by atoms with Gasteiger partial charge in [0, 0.05) is 16.0 Å². The van der Waals surface area contributed by atoms with E-state index < -0.39 is 0 Å². The summed E-state index contributed by atoms with van der Waals surface area (Å²) in [5.41, 5.74) is 10.1. The third-order valence-corrected chi connectivity index (χ3v) is 5.48. The van der Waals surface area contributed by atoms with E-state index in [1.54, 1.807) is 11.3 Å². The fourth-order valence-electron chi connectivity index (χ4n) is 3.07. The molecule has 1 N–H and O–H groups in total. The normalized spacial score (nSPS) is 13.8. The Bertz CT molecular complexity index is 928. The highest BCUT2D eigenvalue weighted by molar-refractivity contribution is 7.14. The van der Waals surface area contributed by atoms with Gasteiger partial charge in [0.25, 0.3) is 0 Å². The van der Waals surface area contributed by atoms with Crippen LogP contribution < -0.4 is 5.43 Å². The molecule has 0 fully saturated rings. The highest BCUT2D eigenvalue weighted by Crippen LogP contribution is 2.26. The molecule has 4 rings (SSSR count). The van der Waals surface area contributed by atoms with Gasteiger partial charge in [0.05, 0.1) is 11.4 Å². The summed E-state index contributed by atoms with van der Waals surface area (Å²) in [4.78, 5) is 4.59. The number of rotatable bonds is 4. The molecule has 126 valence electrons. The molecule has 0 unspecified atom stereocenters. The van der Waals surface area contributed by atoms with E-state index in [1.807, 2.05) is 36.6 Å². The lowest BCUT2D eigenvalue weighted by Crippen LogP contribution is -2.00. The number of halogens is 1. The van der Waals surface area contributed by atoms with Gasteiger partial charge in [-0.3, -0.25) is 5.43 Å². The van der Waals surface area contributed by atoms with Crippen LogP contribution in [0.1, 0.15) is 30.0 Å². The molecular weight excluding hydrogens is 350 g/mol. The second kappa shape index (κ2) is 6.98. The van der Waals surface area contributed by atoms with E-state index in [1.165, 1.54) is 36.0 Å². The fourth-order valence-corrected chi connectivity index (χ4v) is 3.86. The van der Waals surface area contributed by atoms with E-state index in [9.17, 15) is 0 Å². The molecule has 0 saturated carbocycles. The zero-order valence-electron chi connectivity index (χ0n) is 13.9. The molecular formula is C20H18ClN3S. The minimum atomic E-state index is 0.729. The monoisotopic (exact) mass is 367 g/mol. The Morgan fingerprint density at radius 3 is 2.76 bits per heavy atom. The van der Waals surface area contributed by atoms with Gasteiger partial charge in [-0.2, -0.15) is 5.10 Å². The molecule has 5 heteroatoms. The largest absolute Gasteiger partial charge is 0.252 e. The lowest BCUT2D eigenvalue weighted by Gasteiger charge is -2.05. The predicted octanol–water partition coefficient (Wildman–Crippen LogP) is 5.79. The van der Waals surface area contributed by atoms with Gasteiger partial charge in [0.15, 0.2) is 0 Å². The number of benzene rings is 2. The number of thiazole rings is 1. The van der Waals surface area contributed by atoms with Crippen LogP contribution >= 0.6 is 22.9 Å². The number of hydrogen-bond donors (Lipinski definition) is 1. The van der Waals surface area contributed by atoms with Crippen LogP contribution in [0.2, 0.25) is 5.02 Å². The van der Waals surface area contributed by atoms with Gasteiger partial charge in [-0.05, 0) is 61.1 Å². The SMILES string of the molecule is C/C(=N/Nc1nc(-c2ccc(Cl)cc2)cs1)c1ccc2c(c1)CCC2. The second-order valence-corrected chi connectivity index (χ2v) is 7.49. The van der Waals surface area contributed by atoms with Crippen molar-refractivity contribution >= 4 is 33.8 Å². The van der Waals surface area contributed by atoms with Crippen LogP contribution in [0.4, 0.5) is 5.13 Å². The summed E-state index contributed by atoms with van der Waals surface area (Å²) in [5.74, 6) is 0. The zero-order chi connectivity index (χ0) is 17.2. The summed E-state index contributed by atoms with van der Waals surface area (Å²) in [6, 6.07) is 14.4. The number of anilines is 1. The van der Waals surface area contributed by atoms with Gasteiger partial charge in [-0.25, -0.2) is 4.98 Å². The average molecular weight is 368 g/mol. The van der Waals surface area contributed by atoms with Crippen molar-refractivity contribution in [3.05, 3.63) is 69.6 Å². The third kappa shape index (κ3) is 3.60. The Morgan fingerprint density at radius 1 is 1.12 bits per heavy atom. The van der Waals surface area contributed by atoms with E-state index in [2.05, 4.69) is 33.7 Å². The molecule has 1 aliphatic carbocycles. The summed E-state index contributed by atoms with van der Waals surface area (Å²) in [6.07, 6.45) is 3.65. The number of nitrogens with zero attached hydrogens (tertiary/aromatic N) is 2. The van der Waals surface area contributed by atoms with Crippen molar-refractivity contribution in [3.8, 4) is 11.3 Å². The zero-order valence-corrected chi connectivity index (χ0v) is 15.5. The molecule has 0 aliphatic heterocycles. The summed E-state index contributed by atoms with van der Waals surface area (Å²) in [5, 5.41) is 8.04. The first kappa shape index (κ1) is 16.3. The number of nitrogens with one attached hydrogen (secondary N) is 1. The van der Waals surface area contributed by atoms with Gasteiger partial charge >= 0.3 is 0 Å². The minimum absolute atomic E-state index is 0.729. The molecule has 0 saturated heterocycles. The predicted molar refractivity (Wildman–Crippen MR) is 107 cm³/mol. The van der Waals surface area contributed by atoms with Crippen molar-refractivity contribution in [1.29, 1.82) is 0 Å². The number of aryl methyl sites for hydroxylation is 2. The summed E-state index contributed by atoms with van der Waals surface area (Å²) < 4.78 is 0. The Balaban J connectivity index is 1.49. The number of fused-ring (bicyclic) bond motifs is 1. The van der Waals surface area contributed by atoms with Crippen molar-refractivity contribution in [3.63, 3.8) is 0 Å². The van der Waals surface area contributed by atoms with E-state index in [-0.39, 0.29) is 0 Å². The Hall–Kier alpha value is -2.17. The third-order valence-electron chi connectivity index (χ3n) is 4.48. The molecule has 0 amide bonds. The molecule has 2 aromatic carbocycles. The van der Waals surface area contributed by atoms with E-state index in [0.717, 1.165) is 27.1 Å². The van der Waals surface area contributed by atoms with Crippen molar-refractivity contribution in [2.24, 2.45) is 5.10 Å². The van der Waals surface area contributed by atoms with Gasteiger partial charge in [-0.15, -0.1) is 11.3 Å². The van der Waals surface area contributed by atoms with Gasteiger partial charge in [0.1, 0.15) is 0 Å². The van der Waals surface area contributed by atoms with Crippen LogP contribution in [0, 0.1) is 0 Å². The van der Waals surface area contributed by atoms with Crippen LogP contribution in [0.25, 0.3) is 11.3 Å². The summed E-state index contributed by atoms with van der Waals surface area (Å²) in [6.45, 7) is 2.03.